The van der Waals surface area contributed by atoms with Crippen molar-refractivity contribution in [1.82, 2.24) is 0 Å². The number of nitrogens with zero attached hydrogens (tertiary/aromatic N) is 1. The summed E-state index contributed by atoms with van der Waals surface area (Å²) in [5, 5.41) is 0. The van der Waals surface area contributed by atoms with Crippen LogP contribution in [0.4, 0.5) is 18.9 Å². The molecule has 0 bridgehead atoms. The Bertz CT molecular complexity index is 572. The molecule has 22 heavy (non-hydrogen) atoms. The normalized spacial score (nSPS) is 19.9. The van der Waals surface area contributed by atoms with Crippen molar-refractivity contribution < 1.29 is 22.7 Å². The van der Waals surface area contributed by atoms with Gasteiger partial charge in [0.1, 0.15) is 11.8 Å². The van der Waals surface area contributed by atoms with Crippen molar-refractivity contribution in [2.75, 3.05) is 11.4 Å². The molecule has 0 aromatic heterocycles. The lowest BCUT2D eigenvalue weighted by Gasteiger charge is -2.34. The van der Waals surface area contributed by atoms with Crippen LogP contribution in [-0.4, -0.2) is 24.7 Å². The molecule has 2 atom stereocenters. The van der Waals surface area contributed by atoms with E-state index in [0.717, 1.165) is 0 Å². The van der Waals surface area contributed by atoms with Crippen molar-refractivity contribution in [3.63, 3.8) is 0 Å². The van der Waals surface area contributed by atoms with Gasteiger partial charge in [-0.1, -0.05) is 19.9 Å². The molecule has 0 saturated carbocycles. The van der Waals surface area contributed by atoms with Crippen LogP contribution in [0.3, 0.4) is 0 Å². The lowest BCUT2D eigenvalue weighted by Crippen LogP contribution is -2.46. The van der Waals surface area contributed by atoms with E-state index in [9.17, 15) is 18.0 Å². The molecule has 1 heterocycles. The zero-order valence-electron chi connectivity index (χ0n) is 12.6. The fourth-order valence-electron chi connectivity index (χ4n) is 2.36. The van der Waals surface area contributed by atoms with Gasteiger partial charge in [-0.15, -0.1) is 0 Å². The lowest BCUT2D eigenvalue weighted by molar-refractivity contribution is -0.149. The van der Waals surface area contributed by atoms with Crippen molar-refractivity contribution in [1.29, 1.82) is 0 Å². The van der Waals surface area contributed by atoms with Crippen LogP contribution < -0.4 is 15.4 Å². The van der Waals surface area contributed by atoms with Crippen molar-refractivity contribution >= 4 is 11.6 Å². The van der Waals surface area contributed by atoms with Crippen LogP contribution in [0.25, 0.3) is 0 Å². The molecule has 1 amide bonds. The Hall–Kier alpha value is -1.76. The molecule has 2 unspecified atom stereocenters. The molecule has 0 saturated heterocycles. The second-order valence-corrected chi connectivity index (χ2v) is 5.85. The van der Waals surface area contributed by atoms with Crippen LogP contribution in [0.15, 0.2) is 18.2 Å². The van der Waals surface area contributed by atoms with Gasteiger partial charge in [-0.25, -0.2) is 0 Å². The number of anilines is 1. The fourth-order valence-corrected chi connectivity index (χ4v) is 2.36. The first-order valence-electron chi connectivity index (χ1n) is 7.05. The molecule has 1 aromatic rings. The first-order chi connectivity index (χ1) is 10.1. The molecule has 0 radical (unpaired) electrons. The Morgan fingerprint density at radius 3 is 2.55 bits per heavy atom. The lowest BCUT2D eigenvalue weighted by atomic mass is 10.0. The van der Waals surface area contributed by atoms with E-state index in [4.69, 9.17) is 10.5 Å². The maximum Gasteiger partial charge on any atom is 0.407 e. The number of fused-ring (bicyclic) bond motifs is 1. The molecule has 0 aliphatic carbocycles. The largest absolute Gasteiger partial charge is 0.479 e. The SMILES string of the molecule is CC(C)CN1C(=O)C(C)Oc2ccc(C(N)C(F)(F)F)cc21. The summed E-state index contributed by atoms with van der Waals surface area (Å²) in [6, 6.07) is 1.92. The molecule has 122 valence electrons. The highest BCUT2D eigenvalue weighted by molar-refractivity contribution is 5.99. The van der Waals surface area contributed by atoms with Crippen LogP contribution in [0.2, 0.25) is 0 Å². The summed E-state index contributed by atoms with van der Waals surface area (Å²) >= 11 is 0. The van der Waals surface area contributed by atoms with E-state index >= 15 is 0 Å². The molecule has 2 rings (SSSR count). The molecule has 0 spiro atoms. The van der Waals surface area contributed by atoms with Crippen molar-refractivity contribution in [2.24, 2.45) is 11.7 Å². The van der Waals surface area contributed by atoms with E-state index in [2.05, 4.69) is 0 Å². The van der Waals surface area contributed by atoms with Crippen molar-refractivity contribution in [2.45, 2.75) is 39.1 Å². The molecule has 1 aromatic carbocycles. The Morgan fingerprint density at radius 1 is 1.36 bits per heavy atom. The summed E-state index contributed by atoms with van der Waals surface area (Å²) in [4.78, 5) is 13.7. The van der Waals surface area contributed by atoms with Gasteiger partial charge in [-0.05, 0) is 30.5 Å². The van der Waals surface area contributed by atoms with Gasteiger partial charge in [0.15, 0.2) is 6.10 Å². The quantitative estimate of drug-likeness (QED) is 0.932. The number of hydrogen-bond donors (Lipinski definition) is 1. The number of amides is 1. The Balaban J connectivity index is 2.45. The molecule has 1 aliphatic rings. The number of carbonyl (C=O) groups excluding carboxylic acids is 1. The number of ether oxygens (including phenoxy) is 1. The average molecular weight is 316 g/mol. The molecule has 2 N–H and O–H groups in total. The predicted molar refractivity (Wildman–Crippen MR) is 76.7 cm³/mol. The maximum atomic E-state index is 12.8. The van der Waals surface area contributed by atoms with E-state index in [-0.39, 0.29) is 17.4 Å². The second-order valence-electron chi connectivity index (χ2n) is 5.85. The molecular formula is C15H19F3N2O2. The van der Waals surface area contributed by atoms with E-state index in [0.29, 0.717) is 18.0 Å². The molecular weight excluding hydrogens is 297 g/mol. The van der Waals surface area contributed by atoms with Crippen LogP contribution in [0.5, 0.6) is 5.75 Å². The number of halogens is 3. The fraction of sp³-hybridized carbons (Fsp3) is 0.533. The summed E-state index contributed by atoms with van der Waals surface area (Å²) in [6.45, 7) is 5.88. The first kappa shape index (κ1) is 16.6. The molecule has 1 aliphatic heterocycles. The van der Waals surface area contributed by atoms with Crippen LogP contribution in [0.1, 0.15) is 32.4 Å². The molecule has 7 heteroatoms. The first-order valence-corrected chi connectivity index (χ1v) is 7.05. The monoisotopic (exact) mass is 316 g/mol. The number of rotatable bonds is 3. The van der Waals surface area contributed by atoms with Gasteiger partial charge >= 0.3 is 6.18 Å². The highest BCUT2D eigenvalue weighted by Crippen LogP contribution is 2.39. The van der Waals surface area contributed by atoms with E-state index in [1.54, 1.807) is 6.92 Å². The van der Waals surface area contributed by atoms with E-state index in [1.807, 2.05) is 13.8 Å². The van der Waals surface area contributed by atoms with Gasteiger partial charge in [0.25, 0.3) is 5.91 Å². The summed E-state index contributed by atoms with van der Waals surface area (Å²) in [5.74, 6) is 0.298. The Morgan fingerprint density at radius 2 is 2.00 bits per heavy atom. The van der Waals surface area contributed by atoms with Crippen molar-refractivity contribution in [3.8, 4) is 5.75 Å². The third-order valence-electron chi connectivity index (χ3n) is 3.45. The summed E-state index contributed by atoms with van der Waals surface area (Å²) < 4.78 is 43.8. The zero-order chi connectivity index (χ0) is 16.7. The van der Waals surface area contributed by atoms with Gasteiger partial charge in [0.05, 0.1) is 5.69 Å². The maximum absolute atomic E-state index is 12.8. The number of carbonyl (C=O) groups is 1. The van der Waals surface area contributed by atoms with Crippen LogP contribution in [-0.2, 0) is 4.79 Å². The Kier molecular flexibility index (Phi) is 4.37. The predicted octanol–water partition coefficient (Wildman–Crippen LogP) is 3.02. The highest BCUT2D eigenvalue weighted by atomic mass is 19.4. The number of benzene rings is 1. The van der Waals surface area contributed by atoms with Crippen molar-refractivity contribution in [3.05, 3.63) is 23.8 Å². The van der Waals surface area contributed by atoms with Gasteiger partial charge in [-0.2, -0.15) is 13.2 Å². The van der Waals surface area contributed by atoms with E-state index in [1.165, 1.54) is 23.1 Å². The van der Waals surface area contributed by atoms with Gasteiger partial charge in [0, 0.05) is 6.54 Å². The van der Waals surface area contributed by atoms with Crippen LogP contribution in [0, 0.1) is 5.92 Å². The average Bonchev–Trinajstić information content (AvgIpc) is 2.41. The number of nitrogens with two attached hydrogens (primary N) is 1. The van der Waals surface area contributed by atoms with Gasteiger partial charge in [0.2, 0.25) is 0 Å². The van der Waals surface area contributed by atoms with Gasteiger partial charge in [-0.3, -0.25) is 4.79 Å². The number of hydrogen-bond acceptors (Lipinski definition) is 3. The smallest absolute Gasteiger partial charge is 0.407 e. The highest BCUT2D eigenvalue weighted by Gasteiger charge is 2.39. The second kappa shape index (κ2) is 5.79. The summed E-state index contributed by atoms with van der Waals surface area (Å²) in [6.07, 6.45) is -5.20. The minimum atomic E-state index is -4.54. The number of alkyl halides is 3. The Labute approximate surface area is 127 Å². The van der Waals surface area contributed by atoms with E-state index < -0.39 is 18.3 Å². The summed E-state index contributed by atoms with van der Waals surface area (Å²) in [7, 11) is 0. The third-order valence-corrected chi connectivity index (χ3v) is 3.45. The minimum Gasteiger partial charge on any atom is -0.479 e. The molecule has 4 nitrogen and oxygen atoms in total. The topological polar surface area (TPSA) is 55.6 Å². The summed E-state index contributed by atoms with van der Waals surface area (Å²) in [5.41, 5.74) is 5.49. The van der Waals surface area contributed by atoms with Crippen LogP contribution >= 0.6 is 0 Å². The zero-order valence-corrected chi connectivity index (χ0v) is 12.6. The van der Waals surface area contributed by atoms with Gasteiger partial charge < -0.3 is 15.4 Å². The third kappa shape index (κ3) is 3.19. The molecule has 0 fully saturated rings. The standard InChI is InChI=1S/C15H19F3N2O2/c1-8(2)7-20-11-6-10(13(19)15(16,17)18)4-5-12(11)22-9(3)14(20)21/h4-6,8-9,13H,7,19H2,1-3H3. The minimum absolute atomic E-state index is 0.0917.